The monoisotopic (exact) mass is 299 g/mol. The summed E-state index contributed by atoms with van der Waals surface area (Å²) in [7, 11) is 1.64. The molecule has 2 aromatic rings. The van der Waals surface area contributed by atoms with Crippen LogP contribution in [0.3, 0.4) is 0 Å². The Morgan fingerprint density at radius 3 is 2.64 bits per heavy atom. The number of amides is 1. The topological polar surface area (TPSA) is 47.6 Å². The molecule has 0 radical (unpaired) electrons. The molecule has 0 aliphatic heterocycles. The minimum absolute atomic E-state index is 0.0293. The molecule has 2 aromatic carbocycles. The summed E-state index contributed by atoms with van der Waals surface area (Å²) in [6.45, 7) is 2.59. The SMILES string of the molecule is COc1cccc(CCNC(=O)COc2cccc(C)c2)c1. The molecule has 0 aliphatic carbocycles. The summed E-state index contributed by atoms with van der Waals surface area (Å²) in [4.78, 5) is 11.8. The van der Waals surface area contributed by atoms with Crippen molar-refractivity contribution in [2.24, 2.45) is 0 Å². The zero-order chi connectivity index (χ0) is 15.8. The van der Waals surface area contributed by atoms with Crippen LogP contribution in [0.4, 0.5) is 0 Å². The van der Waals surface area contributed by atoms with E-state index >= 15 is 0 Å². The van der Waals surface area contributed by atoms with E-state index in [1.54, 1.807) is 7.11 Å². The van der Waals surface area contributed by atoms with Crippen LogP contribution in [0.2, 0.25) is 0 Å². The molecule has 1 N–H and O–H groups in total. The molecule has 0 unspecified atom stereocenters. The van der Waals surface area contributed by atoms with Crippen molar-refractivity contribution in [3.63, 3.8) is 0 Å². The minimum atomic E-state index is -0.121. The first kappa shape index (κ1) is 15.9. The van der Waals surface area contributed by atoms with Crippen molar-refractivity contribution in [2.75, 3.05) is 20.3 Å². The first-order chi connectivity index (χ1) is 10.7. The lowest BCUT2D eigenvalue weighted by atomic mass is 10.1. The fraction of sp³-hybridized carbons (Fsp3) is 0.278. The first-order valence-electron chi connectivity index (χ1n) is 7.26. The average Bonchev–Trinajstić information content (AvgIpc) is 2.53. The maximum absolute atomic E-state index is 11.8. The number of hydrogen-bond donors (Lipinski definition) is 1. The van der Waals surface area contributed by atoms with Crippen molar-refractivity contribution in [1.82, 2.24) is 5.32 Å². The van der Waals surface area contributed by atoms with Crippen LogP contribution in [-0.4, -0.2) is 26.2 Å². The second kappa shape index (κ2) is 8.08. The second-order valence-electron chi connectivity index (χ2n) is 5.06. The zero-order valence-electron chi connectivity index (χ0n) is 13.0. The Bertz CT molecular complexity index is 625. The molecule has 4 nitrogen and oxygen atoms in total. The van der Waals surface area contributed by atoms with Gasteiger partial charge in [0, 0.05) is 6.54 Å². The van der Waals surface area contributed by atoms with Crippen molar-refractivity contribution in [2.45, 2.75) is 13.3 Å². The first-order valence-corrected chi connectivity index (χ1v) is 7.26. The zero-order valence-corrected chi connectivity index (χ0v) is 13.0. The lowest BCUT2D eigenvalue weighted by molar-refractivity contribution is -0.123. The summed E-state index contributed by atoms with van der Waals surface area (Å²) >= 11 is 0. The number of aryl methyl sites for hydroxylation is 1. The Hall–Kier alpha value is -2.49. The number of nitrogens with one attached hydrogen (secondary N) is 1. The molecule has 0 aromatic heterocycles. The van der Waals surface area contributed by atoms with Gasteiger partial charge in [0.2, 0.25) is 0 Å². The van der Waals surface area contributed by atoms with Crippen molar-refractivity contribution in [1.29, 1.82) is 0 Å². The molecule has 0 saturated carbocycles. The average molecular weight is 299 g/mol. The number of ether oxygens (including phenoxy) is 2. The number of hydrogen-bond acceptors (Lipinski definition) is 3. The summed E-state index contributed by atoms with van der Waals surface area (Å²) in [5, 5.41) is 2.85. The molecule has 4 heteroatoms. The quantitative estimate of drug-likeness (QED) is 0.855. The van der Waals surface area contributed by atoms with Gasteiger partial charge >= 0.3 is 0 Å². The highest BCUT2D eigenvalue weighted by Gasteiger charge is 2.03. The highest BCUT2D eigenvalue weighted by Crippen LogP contribution is 2.13. The summed E-state index contributed by atoms with van der Waals surface area (Å²) in [6.07, 6.45) is 0.757. The van der Waals surface area contributed by atoms with Crippen LogP contribution in [-0.2, 0) is 11.2 Å². The van der Waals surface area contributed by atoms with Gasteiger partial charge in [0.15, 0.2) is 6.61 Å². The highest BCUT2D eigenvalue weighted by molar-refractivity contribution is 5.77. The number of rotatable bonds is 7. The molecule has 0 bridgehead atoms. The van der Waals surface area contributed by atoms with Gasteiger partial charge in [-0.3, -0.25) is 4.79 Å². The van der Waals surface area contributed by atoms with E-state index in [4.69, 9.17) is 9.47 Å². The number of benzene rings is 2. The molecule has 0 saturated heterocycles. The minimum Gasteiger partial charge on any atom is -0.497 e. The Morgan fingerprint density at radius 2 is 1.86 bits per heavy atom. The molecule has 0 spiro atoms. The van der Waals surface area contributed by atoms with Gasteiger partial charge in [-0.05, 0) is 48.7 Å². The Morgan fingerprint density at radius 1 is 1.09 bits per heavy atom. The van der Waals surface area contributed by atoms with Gasteiger partial charge in [-0.15, -0.1) is 0 Å². The predicted molar refractivity (Wildman–Crippen MR) is 86.4 cm³/mol. The summed E-state index contributed by atoms with van der Waals surface area (Å²) in [5.74, 6) is 1.42. The number of carbonyl (C=O) groups is 1. The van der Waals surface area contributed by atoms with Crippen molar-refractivity contribution >= 4 is 5.91 Å². The van der Waals surface area contributed by atoms with Gasteiger partial charge < -0.3 is 14.8 Å². The van der Waals surface area contributed by atoms with Crippen LogP contribution in [0, 0.1) is 6.92 Å². The molecule has 0 heterocycles. The molecule has 0 fully saturated rings. The van der Waals surface area contributed by atoms with Gasteiger partial charge in [0.05, 0.1) is 7.11 Å². The maximum Gasteiger partial charge on any atom is 0.257 e. The molecule has 0 aliphatic rings. The molecule has 116 valence electrons. The molecular formula is C18H21NO3. The largest absolute Gasteiger partial charge is 0.497 e. The van der Waals surface area contributed by atoms with E-state index in [1.165, 1.54) is 0 Å². The standard InChI is InChI=1S/C18H21NO3/c1-14-5-3-8-17(11-14)22-13-18(20)19-10-9-15-6-4-7-16(12-15)21-2/h3-8,11-12H,9-10,13H2,1-2H3,(H,19,20). The Kier molecular flexibility index (Phi) is 5.83. The summed E-state index contributed by atoms with van der Waals surface area (Å²) < 4.78 is 10.6. The Labute approximate surface area is 131 Å². The van der Waals surface area contributed by atoms with Gasteiger partial charge in [-0.25, -0.2) is 0 Å². The molecular weight excluding hydrogens is 278 g/mol. The molecule has 0 atom stereocenters. The third-order valence-corrected chi connectivity index (χ3v) is 3.23. The van der Waals surface area contributed by atoms with Gasteiger partial charge in [0.25, 0.3) is 5.91 Å². The van der Waals surface area contributed by atoms with Gasteiger partial charge in [-0.2, -0.15) is 0 Å². The molecule has 1 amide bonds. The van der Waals surface area contributed by atoms with Crippen LogP contribution in [0.1, 0.15) is 11.1 Å². The van der Waals surface area contributed by atoms with Crippen molar-refractivity contribution in [3.8, 4) is 11.5 Å². The number of methoxy groups -OCH3 is 1. The predicted octanol–water partition coefficient (Wildman–Crippen LogP) is 2.74. The normalized spacial score (nSPS) is 10.1. The third-order valence-electron chi connectivity index (χ3n) is 3.23. The van der Waals surface area contributed by atoms with Crippen LogP contribution in [0.25, 0.3) is 0 Å². The lowest BCUT2D eigenvalue weighted by Crippen LogP contribution is -2.30. The van der Waals surface area contributed by atoms with Gasteiger partial charge in [0.1, 0.15) is 11.5 Å². The van der Waals surface area contributed by atoms with Gasteiger partial charge in [-0.1, -0.05) is 24.3 Å². The van der Waals surface area contributed by atoms with Crippen molar-refractivity contribution in [3.05, 3.63) is 59.7 Å². The molecule has 22 heavy (non-hydrogen) atoms. The van der Waals surface area contributed by atoms with Crippen LogP contribution >= 0.6 is 0 Å². The van der Waals surface area contributed by atoms with E-state index in [0.29, 0.717) is 12.3 Å². The molecule has 2 rings (SSSR count). The van der Waals surface area contributed by atoms with Crippen LogP contribution in [0.15, 0.2) is 48.5 Å². The summed E-state index contributed by atoms with van der Waals surface area (Å²) in [5.41, 5.74) is 2.23. The second-order valence-corrected chi connectivity index (χ2v) is 5.06. The maximum atomic E-state index is 11.8. The van der Waals surface area contributed by atoms with E-state index in [-0.39, 0.29) is 12.5 Å². The van der Waals surface area contributed by atoms with E-state index in [9.17, 15) is 4.79 Å². The van der Waals surface area contributed by atoms with E-state index in [1.807, 2.05) is 55.5 Å². The fourth-order valence-electron chi connectivity index (χ4n) is 2.08. The number of carbonyl (C=O) groups excluding carboxylic acids is 1. The Balaban J connectivity index is 1.71. The smallest absolute Gasteiger partial charge is 0.257 e. The highest BCUT2D eigenvalue weighted by atomic mass is 16.5. The third kappa shape index (κ3) is 5.13. The van der Waals surface area contributed by atoms with Crippen molar-refractivity contribution < 1.29 is 14.3 Å². The lowest BCUT2D eigenvalue weighted by Gasteiger charge is -2.08. The van der Waals surface area contributed by atoms with E-state index in [0.717, 1.165) is 23.3 Å². The summed E-state index contributed by atoms with van der Waals surface area (Å²) in [6, 6.07) is 15.5. The van der Waals surface area contributed by atoms with Crippen LogP contribution < -0.4 is 14.8 Å². The van der Waals surface area contributed by atoms with E-state index in [2.05, 4.69) is 5.32 Å². The fourth-order valence-corrected chi connectivity index (χ4v) is 2.08. The van der Waals surface area contributed by atoms with E-state index < -0.39 is 0 Å². The van der Waals surface area contributed by atoms with Crippen LogP contribution in [0.5, 0.6) is 11.5 Å².